The molecule has 0 aliphatic carbocycles. The van der Waals surface area contributed by atoms with E-state index < -0.39 is 0 Å². The molecule has 0 aromatic heterocycles. The second kappa shape index (κ2) is 6.86. The van der Waals surface area contributed by atoms with Crippen molar-refractivity contribution in [1.29, 1.82) is 5.26 Å². The molecule has 0 heterocycles. The highest BCUT2D eigenvalue weighted by molar-refractivity contribution is 5.37. The van der Waals surface area contributed by atoms with E-state index in [0.29, 0.717) is 19.6 Å². The number of nitrogens with two attached hydrogens (primary N) is 1. The molecule has 0 saturated heterocycles. The highest BCUT2D eigenvalue weighted by Crippen LogP contribution is 2.20. The summed E-state index contributed by atoms with van der Waals surface area (Å²) in [5, 5.41) is 8.42. The molecule has 0 radical (unpaired) electrons. The predicted molar refractivity (Wildman–Crippen MR) is 64.3 cm³/mol. The molecule has 0 saturated carbocycles. The van der Waals surface area contributed by atoms with Crippen LogP contribution < -0.4 is 10.5 Å². The van der Waals surface area contributed by atoms with Crippen molar-refractivity contribution in [2.24, 2.45) is 5.73 Å². The monoisotopic (exact) mass is 218 g/mol. The minimum Gasteiger partial charge on any atom is -0.493 e. The predicted octanol–water partition coefficient (Wildman–Crippen LogP) is 2.18. The number of aryl methyl sites for hydroxylation is 1. The summed E-state index contributed by atoms with van der Waals surface area (Å²) in [6, 6.07) is 8.21. The van der Waals surface area contributed by atoms with E-state index in [1.165, 1.54) is 5.56 Å². The van der Waals surface area contributed by atoms with Crippen LogP contribution in [0.3, 0.4) is 0 Å². The first kappa shape index (κ1) is 12.5. The normalized spacial score (nSPS) is 9.81. The lowest BCUT2D eigenvalue weighted by Gasteiger charge is -2.11. The molecule has 3 heteroatoms. The molecule has 0 amide bonds. The number of ether oxygens (including phenoxy) is 1. The molecule has 2 N–H and O–H groups in total. The van der Waals surface area contributed by atoms with Crippen molar-refractivity contribution in [2.75, 3.05) is 13.2 Å². The molecule has 0 bridgehead atoms. The zero-order valence-corrected chi connectivity index (χ0v) is 9.70. The van der Waals surface area contributed by atoms with E-state index in [1.807, 2.05) is 12.1 Å². The number of nitriles is 1. The van der Waals surface area contributed by atoms with Gasteiger partial charge in [-0.05, 0) is 37.9 Å². The van der Waals surface area contributed by atoms with Crippen LogP contribution in [0.2, 0.25) is 0 Å². The third-order valence-electron chi connectivity index (χ3n) is 2.32. The second-order valence-electron chi connectivity index (χ2n) is 3.76. The molecule has 3 nitrogen and oxygen atoms in total. The summed E-state index contributed by atoms with van der Waals surface area (Å²) < 4.78 is 5.64. The van der Waals surface area contributed by atoms with Gasteiger partial charge in [0, 0.05) is 6.42 Å². The second-order valence-corrected chi connectivity index (χ2v) is 3.76. The lowest BCUT2D eigenvalue weighted by atomic mass is 10.1. The number of rotatable bonds is 6. The van der Waals surface area contributed by atoms with Crippen LogP contribution in [-0.4, -0.2) is 13.2 Å². The summed E-state index contributed by atoms with van der Waals surface area (Å²) in [5.74, 6) is 0.897. The Morgan fingerprint density at radius 3 is 2.94 bits per heavy atom. The fraction of sp³-hybridized carbons (Fsp3) is 0.462. The standard InChI is InChI=1S/C13H18N2O/c1-11-4-5-13(12(10-11)6-8-15)16-9-3-2-7-14/h4-5,10H,2-3,6,8-9,15H2,1H3. The van der Waals surface area contributed by atoms with Crippen molar-refractivity contribution in [2.45, 2.75) is 26.2 Å². The van der Waals surface area contributed by atoms with E-state index >= 15 is 0 Å². The Balaban J connectivity index is 2.60. The summed E-state index contributed by atoms with van der Waals surface area (Å²) in [5.41, 5.74) is 7.93. The third-order valence-corrected chi connectivity index (χ3v) is 2.32. The maximum atomic E-state index is 8.42. The maximum Gasteiger partial charge on any atom is 0.122 e. The number of benzene rings is 1. The average molecular weight is 218 g/mol. The minimum atomic E-state index is 0.540. The van der Waals surface area contributed by atoms with E-state index in [2.05, 4.69) is 19.1 Å². The lowest BCUT2D eigenvalue weighted by molar-refractivity contribution is 0.309. The van der Waals surface area contributed by atoms with Gasteiger partial charge in [-0.1, -0.05) is 17.7 Å². The Morgan fingerprint density at radius 2 is 2.25 bits per heavy atom. The van der Waals surface area contributed by atoms with Crippen molar-refractivity contribution < 1.29 is 4.74 Å². The number of nitrogens with zero attached hydrogens (tertiary/aromatic N) is 1. The Morgan fingerprint density at radius 1 is 1.44 bits per heavy atom. The highest BCUT2D eigenvalue weighted by atomic mass is 16.5. The maximum absolute atomic E-state index is 8.42. The molecule has 86 valence electrons. The van der Waals surface area contributed by atoms with Crippen LogP contribution >= 0.6 is 0 Å². The number of hydrogen-bond donors (Lipinski definition) is 1. The fourth-order valence-corrected chi connectivity index (χ4v) is 1.53. The van der Waals surface area contributed by atoms with Gasteiger partial charge in [0.05, 0.1) is 12.7 Å². The van der Waals surface area contributed by atoms with Crippen LogP contribution in [0, 0.1) is 18.3 Å². The number of hydrogen-bond acceptors (Lipinski definition) is 3. The van der Waals surface area contributed by atoms with E-state index in [0.717, 1.165) is 24.2 Å². The average Bonchev–Trinajstić information content (AvgIpc) is 2.27. The smallest absolute Gasteiger partial charge is 0.122 e. The molecule has 16 heavy (non-hydrogen) atoms. The Kier molecular flexibility index (Phi) is 5.38. The van der Waals surface area contributed by atoms with Crippen molar-refractivity contribution in [3.8, 4) is 11.8 Å². The quantitative estimate of drug-likeness (QED) is 0.744. The van der Waals surface area contributed by atoms with Crippen LogP contribution in [0.5, 0.6) is 5.75 Å². The van der Waals surface area contributed by atoms with E-state index in [9.17, 15) is 0 Å². The largest absolute Gasteiger partial charge is 0.493 e. The summed E-state index contributed by atoms with van der Waals surface area (Å²) in [6.45, 7) is 3.27. The molecular weight excluding hydrogens is 200 g/mol. The van der Waals surface area contributed by atoms with Crippen LogP contribution in [0.15, 0.2) is 18.2 Å². The zero-order chi connectivity index (χ0) is 11.8. The molecule has 1 aromatic carbocycles. The molecule has 1 rings (SSSR count). The molecule has 0 spiro atoms. The van der Waals surface area contributed by atoms with Crippen molar-refractivity contribution in [1.82, 2.24) is 0 Å². The minimum absolute atomic E-state index is 0.540. The van der Waals surface area contributed by atoms with Crippen molar-refractivity contribution in [3.05, 3.63) is 29.3 Å². The summed E-state index contributed by atoms with van der Waals surface area (Å²) in [7, 11) is 0. The summed E-state index contributed by atoms with van der Waals surface area (Å²) in [6.07, 6.45) is 2.14. The first-order valence-electron chi connectivity index (χ1n) is 5.57. The third kappa shape index (κ3) is 3.92. The summed E-state index contributed by atoms with van der Waals surface area (Å²) in [4.78, 5) is 0. The number of unbranched alkanes of at least 4 members (excludes halogenated alkanes) is 1. The molecule has 0 fully saturated rings. The fourth-order valence-electron chi connectivity index (χ4n) is 1.53. The van der Waals surface area contributed by atoms with Gasteiger partial charge in [0.1, 0.15) is 5.75 Å². The first-order valence-corrected chi connectivity index (χ1v) is 5.57. The van der Waals surface area contributed by atoms with Crippen LogP contribution in [0.1, 0.15) is 24.0 Å². The van der Waals surface area contributed by atoms with Crippen molar-refractivity contribution >= 4 is 0 Å². The Bertz CT molecular complexity index is 369. The van der Waals surface area contributed by atoms with Gasteiger partial charge < -0.3 is 10.5 Å². The Labute approximate surface area is 96.8 Å². The van der Waals surface area contributed by atoms with E-state index in [-0.39, 0.29) is 0 Å². The van der Waals surface area contributed by atoms with Crippen LogP contribution in [0.25, 0.3) is 0 Å². The van der Waals surface area contributed by atoms with E-state index in [4.69, 9.17) is 15.7 Å². The molecule has 0 unspecified atom stereocenters. The summed E-state index contributed by atoms with van der Waals surface area (Å²) >= 11 is 0. The van der Waals surface area contributed by atoms with Gasteiger partial charge >= 0.3 is 0 Å². The Hall–Kier alpha value is -1.53. The molecular formula is C13H18N2O. The van der Waals surface area contributed by atoms with Gasteiger partial charge in [-0.25, -0.2) is 0 Å². The van der Waals surface area contributed by atoms with Gasteiger partial charge in [0.25, 0.3) is 0 Å². The molecule has 0 atom stereocenters. The molecule has 0 aliphatic rings. The van der Waals surface area contributed by atoms with Gasteiger partial charge in [0.15, 0.2) is 0 Å². The molecule has 0 aliphatic heterocycles. The van der Waals surface area contributed by atoms with Crippen LogP contribution in [-0.2, 0) is 6.42 Å². The van der Waals surface area contributed by atoms with Gasteiger partial charge in [-0.15, -0.1) is 0 Å². The van der Waals surface area contributed by atoms with E-state index in [1.54, 1.807) is 0 Å². The van der Waals surface area contributed by atoms with Crippen molar-refractivity contribution in [3.63, 3.8) is 0 Å². The van der Waals surface area contributed by atoms with Gasteiger partial charge in [-0.2, -0.15) is 5.26 Å². The topological polar surface area (TPSA) is 59.0 Å². The van der Waals surface area contributed by atoms with Gasteiger partial charge in [-0.3, -0.25) is 0 Å². The first-order chi connectivity index (χ1) is 7.77. The van der Waals surface area contributed by atoms with Gasteiger partial charge in [0.2, 0.25) is 0 Å². The highest BCUT2D eigenvalue weighted by Gasteiger charge is 2.03. The zero-order valence-electron chi connectivity index (χ0n) is 9.70. The SMILES string of the molecule is Cc1ccc(OCCCC#N)c(CCN)c1. The molecule has 1 aromatic rings. The van der Waals surface area contributed by atoms with Crippen LogP contribution in [0.4, 0.5) is 0 Å². The lowest BCUT2D eigenvalue weighted by Crippen LogP contribution is -2.06.